The van der Waals surface area contributed by atoms with Crippen LogP contribution in [0, 0.1) is 12.0 Å². The molecule has 4 aromatic carbocycles. The van der Waals surface area contributed by atoms with Gasteiger partial charge < -0.3 is 24.8 Å². The Kier molecular flexibility index (Phi) is 14.2. The van der Waals surface area contributed by atoms with E-state index in [1.807, 2.05) is 0 Å². The topological polar surface area (TPSA) is 0 Å². The SMILES string of the molecule is CC(C)(C)c1ccc([CH]=[Zr+2])cc1.CC(C)(C)c1ccc2c(c1)[cH-]c1cc(C(C)(C)C)ccc12.CC1=[C-]C(C)C=C1C.[Cl-].[Cl-]. The van der Waals surface area contributed by atoms with Gasteiger partial charge in [-0.25, -0.2) is 11.1 Å². The quantitative estimate of drug-likeness (QED) is 0.237. The molecule has 0 N–H and O–H groups in total. The fourth-order valence-electron chi connectivity index (χ4n) is 5.03. The molecule has 43 heavy (non-hydrogen) atoms. The van der Waals surface area contributed by atoms with Crippen LogP contribution in [-0.2, 0) is 40.5 Å². The van der Waals surface area contributed by atoms with Crippen LogP contribution in [0.15, 0.2) is 84.0 Å². The predicted octanol–water partition coefficient (Wildman–Crippen LogP) is 5.33. The molecule has 0 saturated heterocycles. The van der Waals surface area contributed by atoms with Crippen molar-refractivity contribution in [3.8, 4) is 0 Å². The number of rotatable bonds is 1. The van der Waals surface area contributed by atoms with Gasteiger partial charge in [0.1, 0.15) is 0 Å². The summed E-state index contributed by atoms with van der Waals surface area (Å²) in [6, 6.07) is 25.0. The molecule has 0 amide bonds. The summed E-state index contributed by atoms with van der Waals surface area (Å²) >= 11 is 1.46. The molecule has 0 heterocycles. The Bertz CT molecular complexity index is 1470. The maximum absolute atomic E-state index is 3.29. The summed E-state index contributed by atoms with van der Waals surface area (Å²) in [5, 5.41) is 5.48. The third kappa shape index (κ3) is 10.7. The van der Waals surface area contributed by atoms with Crippen LogP contribution < -0.4 is 24.8 Å². The first-order chi connectivity index (χ1) is 18.9. The smallest absolute Gasteiger partial charge is 0.0202 e. The van der Waals surface area contributed by atoms with Gasteiger partial charge in [0.15, 0.2) is 0 Å². The maximum atomic E-state index is 3.29. The van der Waals surface area contributed by atoms with Crippen molar-refractivity contribution in [3.05, 3.63) is 112 Å². The summed E-state index contributed by atoms with van der Waals surface area (Å²) in [6.07, 6.45) is 5.52. The summed E-state index contributed by atoms with van der Waals surface area (Å²) in [5.74, 6) is 0.551. The monoisotopic (exact) mass is 690 g/mol. The van der Waals surface area contributed by atoms with Crippen LogP contribution in [0.1, 0.15) is 105 Å². The van der Waals surface area contributed by atoms with Crippen molar-refractivity contribution in [1.29, 1.82) is 0 Å². The molecule has 0 aromatic heterocycles. The van der Waals surface area contributed by atoms with Gasteiger partial charge in [0.25, 0.3) is 0 Å². The van der Waals surface area contributed by atoms with Gasteiger partial charge in [-0.2, -0.15) is 6.08 Å². The zero-order chi connectivity index (χ0) is 30.8. The maximum Gasteiger partial charge on any atom is -0.0202 e. The Balaban J connectivity index is 0.000000357. The summed E-state index contributed by atoms with van der Waals surface area (Å²) in [4.78, 5) is 0. The number of halogens is 2. The van der Waals surface area contributed by atoms with Crippen LogP contribution in [0.2, 0.25) is 0 Å². The molecule has 5 rings (SSSR count). The van der Waals surface area contributed by atoms with Crippen molar-refractivity contribution in [2.45, 2.75) is 99.3 Å². The fourth-order valence-corrected chi connectivity index (χ4v) is 5.50. The van der Waals surface area contributed by atoms with Crippen LogP contribution in [0.3, 0.4) is 0 Å². The summed E-state index contributed by atoms with van der Waals surface area (Å²) < 4.78 is 2.21. The summed E-state index contributed by atoms with van der Waals surface area (Å²) in [6.45, 7) is 26.7. The Hall–Kier alpha value is -1.66. The molecular weight excluding hydrogens is 643 g/mol. The van der Waals surface area contributed by atoms with Crippen LogP contribution in [0.25, 0.3) is 21.5 Å². The number of hydrogen-bond donors (Lipinski definition) is 0. The summed E-state index contributed by atoms with van der Waals surface area (Å²) in [7, 11) is 0. The van der Waals surface area contributed by atoms with Crippen molar-refractivity contribution in [2.75, 3.05) is 0 Å². The van der Waals surface area contributed by atoms with Gasteiger partial charge in [-0.1, -0.05) is 96.7 Å². The molecule has 1 unspecified atom stereocenters. The second kappa shape index (κ2) is 15.6. The normalized spacial score (nSPS) is 14.8. The van der Waals surface area contributed by atoms with Crippen LogP contribution >= 0.6 is 0 Å². The Labute approximate surface area is 290 Å². The number of hydrogen-bond acceptors (Lipinski definition) is 0. The first-order valence-corrected chi connectivity index (χ1v) is 16.4. The van der Waals surface area contributed by atoms with E-state index in [4.69, 9.17) is 0 Å². The Morgan fingerprint density at radius 1 is 0.651 bits per heavy atom. The molecule has 1 aliphatic rings. The number of fused-ring (bicyclic) bond motifs is 3. The van der Waals surface area contributed by atoms with Crippen LogP contribution in [0.4, 0.5) is 0 Å². The van der Waals surface area contributed by atoms with E-state index in [0.717, 1.165) is 0 Å². The first kappa shape index (κ1) is 39.4. The van der Waals surface area contributed by atoms with Gasteiger partial charge >= 0.3 is 89.5 Å². The largest absolute Gasteiger partial charge is 1.00 e. The molecule has 3 heteroatoms. The second-order valence-electron chi connectivity index (χ2n) is 14.7. The van der Waals surface area contributed by atoms with E-state index >= 15 is 0 Å². The molecule has 0 spiro atoms. The third-order valence-corrected chi connectivity index (χ3v) is 8.73. The van der Waals surface area contributed by atoms with Gasteiger partial charge in [0, 0.05) is 0 Å². The van der Waals surface area contributed by atoms with Crippen molar-refractivity contribution >= 4 is 25.3 Å². The van der Waals surface area contributed by atoms with E-state index in [1.54, 1.807) is 0 Å². The molecule has 0 saturated carbocycles. The average Bonchev–Trinajstić information content (AvgIpc) is 3.39. The molecule has 0 aliphatic heterocycles. The van der Waals surface area contributed by atoms with Crippen LogP contribution in [-0.4, -0.2) is 3.71 Å². The minimum absolute atomic E-state index is 0. The van der Waals surface area contributed by atoms with E-state index in [0.29, 0.717) is 5.92 Å². The fraction of sp³-hybridized carbons (Fsp3) is 0.400. The molecule has 0 bridgehead atoms. The van der Waals surface area contributed by atoms with E-state index in [2.05, 4.69) is 166 Å². The molecular formula is C40H50Cl2Zr-2. The van der Waals surface area contributed by atoms with E-state index in [1.165, 1.54) is 79.2 Å². The van der Waals surface area contributed by atoms with Gasteiger partial charge in [0.05, 0.1) is 0 Å². The molecule has 230 valence electrons. The van der Waals surface area contributed by atoms with Gasteiger partial charge in [0.2, 0.25) is 0 Å². The number of benzene rings is 3. The average molecular weight is 693 g/mol. The number of allylic oxidation sites excluding steroid dienone is 4. The third-order valence-electron chi connectivity index (χ3n) is 7.92. The standard InChI is InChI=1S/C21H25.C11H14.C8H11.2ClH.Zr/c1-20(2,3)16-7-9-18-14(12-16)11-15-13-17(21(4,5)6)8-10-19(15)18;1-9-5-7-10(8-6-9)11(2,3)4;1-6-4-7(2)8(3)5-6;;;/h7-13H,1-6H3;1,5-8H,2-4H3;4,6H,1-3H3;2*1H;/q-1;;-1;;;+2/p-2. The zero-order valence-electron chi connectivity index (χ0n) is 28.3. The molecule has 0 fully saturated rings. The van der Waals surface area contributed by atoms with E-state index < -0.39 is 0 Å². The molecule has 1 atom stereocenters. The van der Waals surface area contributed by atoms with Crippen molar-refractivity contribution in [1.82, 2.24) is 0 Å². The Morgan fingerprint density at radius 3 is 1.33 bits per heavy atom. The molecule has 0 nitrogen and oxygen atoms in total. The molecule has 0 radical (unpaired) electrons. The van der Waals surface area contributed by atoms with Gasteiger partial charge in [-0.15, -0.1) is 46.7 Å². The molecule has 1 aliphatic carbocycles. The Morgan fingerprint density at radius 2 is 1.05 bits per heavy atom. The van der Waals surface area contributed by atoms with Crippen molar-refractivity contribution in [2.24, 2.45) is 5.92 Å². The van der Waals surface area contributed by atoms with Gasteiger partial charge in [-0.05, 0) is 10.8 Å². The minimum atomic E-state index is 0. The zero-order valence-corrected chi connectivity index (χ0v) is 32.3. The second-order valence-corrected chi connectivity index (χ2v) is 15.4. The molecule has 4 aromatic rings. The van der Waals surface area contributed by atoms with Gasteiger partial charge in [-0.3, -0.25) is 6.08 Å². The van der Waals surface area contributed by atoms with Crippen molar-refractivity contribution in [3.63, 3.8) is 0 Å². The minimum Gasteiger partial charge on any atom is -1.00 e. The summed E-state index contributed by atoms with van der Waals surface area (Å²) in [5.41, 5.74) is 8.94. The predicted molar refractivity (Wildman–Crippen MR) is 180 cm³/mol. The van der Waals surface area contributed by atoms with E-state index in [-0.39, 0.29) is 41.1 Å². The van der Waals surface area contributed by atoms with E-state index in [9.17, 15) is 0 Å². The van der Waals surface area contributed by atoms with Crippen molar-refractivity contribution < 1.29 is 49.0 Å². The van der Waals surface area contributed by atoms with Crippen LogP contribution in [0.5, 0.6) is 0 Å². The first-order valence-electron chi connectivity index (χ1n) is 14.9.